The van der Waals surface area contributed by atoms with Gasteiger partial charge in [-0.3, -0.25) is 14.0 Å². The summed E-state index contributed by atoms with van der Waals surface area (Å²) in [6.45, 7) is 7.93. The number of nitrogens with zero attached hydrogens (tertiary/aromatic N) is 4. The molecular weight excluding hydrogens is 444 g/mol. The molecule has 6 nitrogen and oxygen atoms in total. The molecule has 170 valence electrons. The smallest absolute Gasteiger partial charge is 0.267 e. The maximum absolute atomic E-state index is 13.6. The molecule has 7 heteroatoms. The highest BCUT2D eigenvalue weighted by Crippen LogP contribution is 2.25. The summed E-state index contributed by atoms with van der Waals surface area (Å²) in [6.07, 6.45) is 0. The van der Waals surface area contributed by atoms with Crippen molar-refractivity contribution >= 4 is 34.2 Å². The van der Waals surface area contributed by atoms with Crippen LogP contribution in [0.2, 0.25) is 0 Å². The van der Waals surface area contributed by atoms with Crippen LogP contribution in [0.4, 0.5) is 0 Å². The zero-order chi connectivity index (χ0) is 24.0. The Balaban J connectivity index is 1.65. The summed E-state index contributed by atoms with van der Waals surface area (Å²) in [5.74, 6) is 0.687. The van der Waals surface area contributed by atoms with E-state index in [1.165, 1.54) is 11.8 Å². The number of benzene rings is 3. The molecule has 0 aliphatic rings. The molecule has 0 fully saturated rings. The van der Waals surface area contributed by atoms with Crippen molar-refractivity contribution in [3.8, 4) is 5.69 Å². The van der Waals surface area contributed by atoms with Crippen molar-refractivity contribution in [2.24, 2.45) is 0 Å². The fourth-order valence-corrected chi connectivity index (χ4v) is 5.11. The molecule has 0 N–H and O–H groups in total. The first-order valence-corrected chi connectivity index (χ1v) is 12.0. The second-order valence-corrected chi connectivity index (χ2v) is 9.54. The van der Waals surface area contributed by atoms with E-state index in [-0.39, 0.29) is 17.1 Å². The van der Waals surface area contributed by atoms with Crippen LogP contribution in [0, 0.1) is 27.7 Å². The molecule has 0 spiro atoms. The van der Waals surface area contributed by atoms with Crippen LogP contribution in [-0.2, 0) is 0 Å². The monoisotopic (exact) mass is 468 g/mol. The number of ketones is 1. The summed E-state index contributed by atoms with van der Waals surface area (Å²) in [7, 11) is 0. The Hall–Kier alpha value is -3.71. The maximum atomic E-state index is 13.6. The average Bonchev–Trinajstić information content (AvgIpc) is 3.23. The molecule has 0 aliphatic heterocycles. The van der Waals surface area contributed by atoms with Gasteiger partial charge < -0.3 is 0 Å². The molecule has 0 radical (unpaired) electrons. The van der Waals surface area contributed by atoms with Crippen LogP contribution in [0.25, 0.3) is 22.4 Å². The van der Waals surface area contributed by atoms with Gasteiger partial charge in [-0.1, -0.05) is 59.8 Å². The quantitative estimate of drug-likeness (QED) is 0.261. The van der Waals surface area contributed by atoms with Crippen LogP contribution >= 0.6 is 11.8 Å². The molecule has 0 atom stereocenters. The lowest BCUT2D eigenvalue weighted by molar-refractivity contribution is 0.102. The van der Waals surface area contributed by atoms with E-state index in [2.05, 4.69) is 10.2 Å². The van der Waals surface area contributed by atoms with Gasteiger partial charge in [0, 0.05) is 5.56 Å². The fraction of sp³-hybridized carbons (Fsp3) is 0.185. The maximum Gasteiger partial charge on any atom is 0.267 e. The van der Waals surface area contributed by atoms with Gasteiger partial charge in [0.15, 0.2) is 10.9 Å². The molecule has 2 heterocycles. The third-order valence-electron chi connectivity index (χ3n) is 6.01. The van der Waals surface area contributed by atoms with Gasteiger partial charge in [0.2, 0.25) is 5.78 Å². The van der Waals surface area contributed by atoms with Crippen LogP contribution in [0.15, 0.2) is 70.6 Å². The van der Waals surface area contributed by atoms with E-state index in [1.807, 2.05) is 92.8 Å². The Morgan fingerprint density at radius 1 is 0.882 bits per heavy atom. The summed E-state index contributed by atoms with van der Waals surface area (Å²) in [4.78, 5) is 26.5. The molecule has 5 rings (SSSR count). The lowest BCUT2D eigenvalue weighted by Crippen LogP contribution is -2.22. The lowest BCUT2D eigenvalue weighted by atomic mass is 10.0. The predicted octanol–water partition coefficient (Wildman–Crippen LogP) is 5.24. The highest BCUT2D eigenvalue weighted by molar-refractivity contribution is 7.99. The minimum Gasteiger partial charge on any atom is -0.293 e. The van der Waals surface area contributed by atoms with E-state index in [9.17, 15) is 9.59 Å². The molecule has 0 saturated heterocycles. The van der Waals surface area contributed by atoms with Gasteiger partial charge >= 0.3 is 0 Å². The van der Waals surface area contributed by atoms with Crippen molar-refractivity contribution in [1.82, 2.24) is 19.2 Å². The van der Waals surface area contributed by atoms with Gasteiger partial charge in [-0.15, -0.1) is 10.2 Å². The number of aromatic nitrogens is 4. The van der Waals surface area contributed by atoms with Gasteiger partial charge in [0.1, 0.15) is 0 Å². The molecule has 0 amide bonds. The molecule has 0 bridgehead atoms. The minimum absolute atomic E-state index is 0.0337. The van der Waals surface area contributed by atoms with Crippen LogP contribution in [0.5, 0.6) is 0 Å². The summed E-state index contributed by atoms with van der Waals surface area (Å²) < 4.78 is 3.49. The normalized spacial score (nSPS) is 11.4. The van der Waals surface area contributed by atoms with Crippen molar-refractivity contribution in [2.75, 3.05) is 5.75 Å². The highest BCUT2D eigenvalue weighted by Gasteiger charge is 2.20. The molecule has 0 unspecified atom stereocenters. The summed E-state index contributed by atoms with van der Waals surface area (Å²) in [5.41, 5.74) is 6.16. The highest BCUT2D eigenvalue weighted by atomic mass is 32.2. The van der Waals surface area contributed by atoms with Crippen molar-refractivity contribution in [2.45, 2.75) is 32.9 Å². The number of hydrogen-bond acceptors (Lipinski definition) is 5. The van der Waals surface area contributed by atoms with Crippen LogP contribution in [0.1, 0.15) is 32.6 Å². The Morgan fingerprint density at radius 3 is 2.41 bits per heavy atom. The van der Waals surface area contributed by atoms with E-state index in [1.54, 1.807) is 4.57 Å². The van der Waals surface area contributed by atoms with E-state index < -0.39 is 0 Å². The molecule has 34 heavy (non-hydrogen) atoms. The number of fused-ring (bicyclic) bond motifs is 3. The van der Waals surface area contributed by atoms with Gasteiger partial charge in [-0.25, -0.2) is 4.57 Å². The number of para-hydroxylation sites is 1. The first kappa shape index (κ1) is 22.1. The number of aryl methyl sites for hydroxylation is 4. The first-order valence-electron chi connectivity index (χ1n) is 11.0. The molecule has 0 aliphatic carbocycles. The van der Waals surface area contributed by atoms with Crippen molar-refractivity contribution in [3.05, 3.63) is 98.8 Å². The van der Waals surface area contributed by atoms with Gasteiger partial charge in [0.05, 0.1) is 22.3 Å². The van der Waals surface area contributed by atoms with E-state index in [0.717, 1.165) is 33.5 Å². The molecule has 3 aromatic carbocycles. The second-order valence-electron chi connectivity index (χ2n) is 8.60. The number of Topliss-reactive ketones (excluding diaryl/α,β-unsaturated/α-hetero) is 1. The SMILES string of the molecule is Cc1ccc(C(=O)CSc2nnc3n(-c4cc(C)ccc4C)c(=O)c4ccccc4n23)c(C)c1. The van der Waals surface area contributed by atoms with E-state index in [0.29, 0.717) is 21.9 Å². The van der Waals surface area contributed by atoms with Crippen molar-refractivity contribution < 1.29 is 4.79 Å². The average molecular weight is 469 g/mol. The zero-order valence-corrected chi connectivity index (χ0v) is 20.3. The molecule has 0 saturated carbocycles. The third-order valence-corrected chi connectivity index (χ3v) is 6.94. The minimum atomic E-state index is -0.146. The van der Waals surface area contributed by atoms with Gasteiger partial charge in [0.25, 0.3) is 5.56 Å². The third kappa shape index (κ3) is 3.72. The zero-order valence-electron chi connectivity index (χ0n) is 19.5. The van der Waals surface area contributed by atoms with Crippen molar-refractivity contribution in [3.63, 3.8) is 0 Å². The van der Waals surface area contributed by atoms with E-state index >= 15 is 0 Å². The summed E-state index contributed by atoms with van der Waals surface area (Å²) in [6, 6.07) is 19.3. The summed E-state index contributed by atoms with van der Waals surface area (Å²) >= 11 is 1.33. The Labute approximate surface area is 201 Å². The lowest BCUT2D eigenvalue weighted by Gasteiger charge is -2.14. The Bertz CT molecular complexity index is 1650. The van der Waals surface area contributed by atoms with E-state index in [4.69, 9.17) is 0 Å². The van der Waals surface area contributed by atoms with Gasteiger partial charge in [-0.2, -0.15) is 0 Å². The van der Waals surface area contributed by atoms with Crippen LogP contribution in [0.3, 0.4) is 0 Å². The predicted molar refractivity (Wildman–Crippen MR) is 137 cm³/mol. The number of thioether (sulfide) groups is 1. The number of rotatable bonds is 5. The number of carbonyl (C=O) groups is 1. The standard InChI is InChI=1S/C27H24N4O2S/c1-16-10-12-20(19(4)13-16)24(32)15-34-27-29-28-26-30(23-14-17(2)9-11-18(23)3)25(33)21-7-5-6-8-22(21)31(26)27/h5-14H,15H2,1-4H3. The van der Waals surface area contributed by atoms with Gasteiger partial charge in [-0.05, 0) is 62.6 Å². The Morgan fingerprint density at radius 2 is 1.62 bits per heavy atom. The second kappa shape index (κ2) is 8.57. The molecular formula is C27H24N4O2S. The number of carbonyl (C=O) groups excluding carboxylic acids is 1. The fourth-order valence-electron chi connectivity index (χ4n) is 4.28. The molecule has 5 aromatic rings. The Kier molecular flexibility index (Phi) is 5.57. The first-order chi connectivity index (χ1) is 16.3. The topological polar surface area (TPSA) is 69.3 Å². The van der Waals surface area contributed by atoms with Crippen LogP contribution in [-0.4, -0.2) is 30.7 Å². The molecule has 2 aromatic heterocycles. The summed E-state index contributed by atoms with van der Waals surface area (Å²) in [5, 5.41) is 9.93. The van der Waals surface area contributed by atoms with Crippen LogP contribution < -0.4 is 5.56 Å². The van der Waals surface area contributed by atoms with Crippen molar-refractivity contribution in [1.29, 1.82) is 0 Å². The largest absolute Gasteiger partial charge is 0.293 e. The number of hydrogen-bond donors (Lipinski definition) is 0.